The van der Waals surface area contributed by atoms with Gasteiger partial charge in [0.1, 0.15) is 13.2 Å². The monoisotopic (exact) mass is 882 g/mol. The molecule has 328 valence electrons. The lowest BCUT2D eigenvalue weighted by atomic mass is 9.93. The largest absolute Gasteiger partial charge is 0.490 e. The third-order valence-corrected chi connectivity index (χ3v) is 6.32. The molecular weight excluding hydrogens is 862 g/mol. The Balaban J connectivity index is 4.78. The normalized spacial score (nSPS) is 15.3. The van der Waals surface area contributed by atoms with Gasteiger partial charge in [-0.25, -0.2) is 0 Å². The van der Waals surface area contributed by atoms with Gasteiger partial charge in [-0.2, -0.15) is 114 Å². The molecule has 0 N–H and O–H groups in total. The topological polar surface area (TPSA) is 46.2 Å². The predicted molar refractivity (Wildman–Crippen MR) is 124 cm³/mol. The minimum atomic E-state index is -8.15. The Morgan fingerprint density at radius 2 is 0.455 bits per heavy atom. The number of allylic oxidation sites excluding steroid dienone is 2. The maximum atomic E-state index is 13.9. The van der Waals surface area contributed by atoms with Crippen molar-refractivity contribution in [3.8, 4) is 0 Å². The van der Waals surface area contributed by atoms with E-state index in [0.29, 0.717) is 0 Å². The summed E-state index contributed by atoms with van der Waals surface area (Å²) in [5.74, 6) is -82.8. The Bertz CT molecular complexity index is 1190. The molecule has 0 amide bonds. The molecule has 0 aromatic carbocycles. The second-order valence-corrected chi connectivity index (χ2v) is 10.1. The molecule has 0 bridgehead atoms. The van der Waals surface area contributed by atoms with Crippen LogP contribution in [0.2, 0.25) is 0 Å². The highest BCUT2D eigenvalue weighted by Gasteiger charge is 2.92. The van der Waals surface area contributed by atoms with Gasteiger partial charge >= 0.3 is 71.6 Å². The van der Waals surface area contributed by atoms with Crippen molar-refractivity contribution < 1.29 is 138 Å². The standard InChI is InChI=1S/C24H20F26O5/c1-11(13(25,26)15(29,30)17(33,34)19(37,38)21(41,42)23(45,46)47)54-9-7-52-5-3-51-4-6-53-8-10-55-12(2)14(27,28)16(31,32)18(35,36)20(39,40)22(43,44)24(48,49)50/h1-10H2. The average molecular weight is 882 g/mol. The molecule has 0 atom stereocenters. The number of rotatable bonds is 24. The Morgan fingerprint density at radius 1 is 0.273 bits per heavy atom. The van der Waals surface area contributed by atoms with Crippen LogP contribution in [0.3, 0.4) is 0 Å². The van der Waals surface area contributed by atoms with Gasteiger partial charge in [0.05, 0.1) is 39.6 Å². The highest BCUT2D eigenvalue weighted by molar-refractivity contribution is 5.18. The second kappa shape index (κ2) is 16.5. The first-order valence-electron chi connectivity index (χ1n) is 13.3. The van der Waals surface area contributed by atoms with Crippen LogP contribution in [0.1, 0.15) is 0 Å². The van der Waals surface area contributed by atoms with Gasteiger partial charge in [-0.05, 0) is 0 Å². The van der Waals surface area contributed by atoms with E-state index in [1.807, 2.05) is 13.2 Å². The van der Waals surface area contributed by atoms with E-state index in [4.69, 9.17) is 4.74 Å². The molecule has 0 spiro atoms. The van der Waals surface area contributed by atoms with Crippen LogP contribution in [0.25, 0.3) is 0 Å². The molecule has 0 saturated heterocycles. The summed E-state index contributed by atoms with van der Waals surface area (Å²) in [6, 6.07) is 0. The van der Waals surface area contributed by atoms with Crippen molar-refractivity contribution in [3.05, 3.63) is 24.7 Å². The van der Waals surface area contributed by atoms with Crippen molar-refractivity contribution in [2.24, 2.45) is 0 Å². The smallest absolute Gasteiger partial charge is 0.460 e. The number of ether oxygens (including phenoxy) is 5. The lowest BCUT2D eigenvalue weighted by Crippen LogP contribution is -2.70. The van der Waals surface area contributed by atoms with Crippen LogP contribution in [-0.2, 0) is 23.7 Å². The van der Waals surface area contributed by atoms with Crippen LogP contribution in [0.5, 0.6) is 0 Å². The highest BCUT2D eigenvalue weighted by atomic mass is 19.4. The summed E-state index contributed by atoms with van der Waals surface area (Å²) in [6.45, 7) is -3.01. The van der Waals surface area contributed by atoms with E-state index >= 15 is 0 Å². The van der Waals surface area contributed by atoms with Gasteiger partial charge in [0.15, 0.2) is 11.5 Å². The fourth-order valence-electron chi connectivity index (χ4n) is 3.06. The van der Waals surface area contributed by atoms with E-state index in [1.54, 1.807) is 0 Å². The summed E-state index contributed by atoms with van der Waals surface area (Å²) in [6.07, 6.45) is -15.2. The zero-order chi connectivity index (χ0) is 44.3. The second-order valence-electron chi connectivity index (χ2n) is 10.1. The van der Waals surface area contributed by atoms with Crippen LogP contribution in [-0.4, -0.2) is 124 Å². The Morgan fingerprint density at radius 3 is 0.655 bits per heavy atom. The van der Waals surface area contributed by atoms with Crippen molar-refractivity contribution in [2.75, 3.05) is 52.9 Å². The van der Waals surface area contributed by atoms with E-state index in [0.717, 1.165) is 0 Å². The van der Waals surface area contributed by atoms with E-state index in [-0.39, 0.29) is 0 Å². The Hall–Kier alpha value is -2.86. The number of hydrogen-bond donors (Lipinski definition) is 0. The Kier molecular flexibility index (Phi) is 15.7. The summed E-state index contributed by atoms with van der Waals surface area (Å²) < 4.78 is 363. The van der Waals surface area contributed by atoms with Gasteiger partial charge in [-0.3, -0.25) is 0 Å². The lowest BCUT2D eigenvalue weighted by molar-refractivity contribution is -0.438. The maximum Gasteiger partial charge on any atom is 0.460 e. The van der Waals surface area contributed by atoms with E-state index in [2.05, 4.69) is 18.9 Å². The first-order chi connectivity index (χ1) is 24.0. The summed E-state index contributed by atoms with van der Waals surface area (Å²) in [5, 5.41) is 0. The van der Waals surface area contributed by atoms with Crippen LogP contribution in [0.15, 0.2) is 24.7 Å². The summed E-state index contributed by atoms with van der Waals surface area (Å²) in [4.78, 5) is 0. The SMILES string of the molecule is C=C(OCCOCCOCCOCCOC(=C)C(F)(F)C(F)(F)C(F)(F)C(F)(F)C(F)(F)C(F)(F)F)C(F)(F)C(F)(F)C(F)(F)C(F)(F)C(F)(F)C(F)(F)F. The average Bonchev–Trinajstić information content (AvgIpc) is 3.00. The minimum Gasteiger partial charge on any atom is -0.490 e. The molecule has 0 unspecified atom stereocenters. The molecule has 0 aliphatic heterocycles. The third-order valence-electron chi connectivity index (χ3n) is 6.32. The molecule has 0 rings (SSSR count). The molecule has 0 aromatic rings. The zero-order valence-corrected chi connectivity index (χ0v) is 25.9. The van der Waals surface area contributed by atoms with Gasteiger partial charge in [0.2, 0.25) is 0 Å². The van der Waals surface area contributed by atoms with Crippen molar-refractivity contribution >= 4 is 0 Å². The summed E-state index contributed by atoms with van der Waals surface area (Å²) >= 11 is 0. The summed E-state index contributed by atoms with van der Waals surface area (Å²) in [5.41, 5.74) is 0. The van der Waals surface area contributed by atoms with Crippen molar-refractivity contribution in [3.63, 3.8) is 0 Å². The van der Waals surface area contributed by atoms with E-state index in [9.17, 15) is 114 Å². The molecule has 5 nitrogen and oxygen atoms in total. The molecule has 0 aromatic heterocycles. The van der Waals surface area contributed by atoms with Crippen molar-refractivity contribution in [1.29, 1.82) is 0 Å². The van der Waals surface area contributed by atoms with E-state index < -0.39 is 136 Å². The van der Waals surface area contributed by atoms with Crippen LogP contribution < -0.4 is 0 Å². The molecule has 55 heavy (non-hydrogen) atoms. The van der Waals surface area contributed by atoms with Gasteiger partial charge in [-0.15, -0.1) is 0 Å². The predicted octanol–water partition coefficient (Wildman–Crippen LogP) is 9.57. The number of alkyl halides is 26. The quantitative estimate of drug-likeness (QED) is 0.0550. The number of hydrogen-bond acceptors (Lipinski definition) is 5. The summed E-state index contributed by atoms with van der Waals surface area (Å²) in [7, 11) is 0. The fraction of sp³-hybridized carbons (Fsp3) is 0.833. The molecule has 0 heterocycles. The van der Waals surface area contributed by atoms with Gasteiger partial charge in [-0.1, -0.05) is 13.2 Å². The Labute approximate surface area is 288 Å². The molecule has 0 saturated carbocycles. The van der Waals surface area contributed by atoms with Crippen LogP contribution in [0.4, 0.5) is 114 Å². The molecule has 0 aliphatic carbocycles. The first-order valence-corrected chi connectivity index (χ1v) is 13.3. The van der Waals surface area contributed by atoms with Crippen LogP contribution >= 0.6 is 0 Å². The third kappa shape index (κ3) is 9.31. The van der Waals surface area contributed by atoms with Gasteiger partial charge in [0, 0.05) is 0 Å². The molecule has 0 radical (unpaired) electrons. The van der Waals surface area contributed by atoms with Crippen LogP contribution in [0, 0.1) is 0 Å². The molecular formula is C24H20F26O5. The lowest BCUT2D eigenvalue weighted by Gasteiger charge is -2.39. The van der Waals surface area contributed by atoms with Crippen molar-refractivity contribution in [2.45, 2.75) is 71.6 Å². The first kappa shape index (κ1) is 52.1. The molecule has 0 aliphatic rings. The van der Waals surface area contributed by atoms with E-state index in [1.165, 1.54) is 0 Å². The molecule has 31 heteroatoms. The van der Waals surface area contributed by atoms with Crippen molar-refractivity contribution in [1.82, 2.24) is 0 Å². The minimum absolute atomic E-state index is 0.548. The van der Waals surface area contributed by atoms with Gasteiger partial charge in [0.25, 0.3) is 0 Å². The zero-order valence-electron chi connectivity index (χ0n) is 25.9. The fourth-order valence-corrected chi connectivity index (χ4v) is 3.06. The van der Waals surface area contributed by atoms with Gasteiger partial charge < -0.3 is 23.7 Å². The molecule has 0 fully saturated rings. The highest BCUT2D eigenvalue weighted by Crippen LogP contribution is 2.62. The maximum absolute atomic E-state index is 13.9. The number of halogens is 26.